The lowest BCUT2D eigenvalue weighted by atomic mass is 9.69. The van der Waals surface area contributed by atoms with Crippen LogP contribution in [-0.4, -0.2) is 7.11 Å². The number of hydrogen-bond donors (Lipinski definition) is 0. The van der Waals surface area contributed by atoms with Gasteiger partial charge in [-0.1, -0.05) is 121 Å². The minimum Gasteiger partial charge on any atom is -0.496 e. The molecule has 0 radical (unpaired) electrons. The molecule has 33 heavy (non-hydrogen) atoms. The molecule has 2 heteroatoms. The molecule has 160 valence electrons. The number of rotatable bonds is 5. The molecule has 2 aliphatic rings. The Labute approximate surface area is 194 Å². The highest BCUT2D eigenvalue weighted by molar-refractivity contribution is 6.04. The first-order valence-corrected chi connectivity index (χ1v) is 11.2. The topological polar surface area (TPSA) is 21.8 Å². The number of ether oxygens (including phenoxy) is 2. The molecule has 1 fully saturated rings. The highest BCUT2D eigenvalue weighted by atomic mass is 16.6. The van der Waals surface area contributed by atoms with Crippen LogP contribution in [0.25, 0.3) is 11.1 Å². The van der Waals surface area contributed by atoms with E-state index in [2.05, 4.69) is 115 Å². The molecule has 2 unspecified atom stereocenters. The first-order valence-electron chi connectivity index (χ1n) is 11.2. The summed E-state index contributed by atoms with van der Waals surface area (Å²) in [5.74, 6) is 0.827. The standard InChI is InChI=1S/C31H24O2/c1-32-27-22-30(25-18-10-4-11-19-25)31(33-30,26-20-12-5-13-21-26)29(24-16-8-3-9-17-24)28(27)23-14-6-2-7-15-23/h2-22H,1H3. The number of methoxy groups -OCH3 is 1. The zero-order chi connectivity index (χ0) is 22.3. The maximum Gasteiger partial charge on any atom is 0.158 e. The molecule has 0 bridgehead atoms. The Balaban J connectivity index is 1.74. The minimum absolute atomic E-state index is 0.648. The van der Waals surface area contributed by atoms with E-state index < -0.39 is 11.2 Å². The number of hydrogen-bond acceptors (Lipinski definition) is 2. The van der Waals surface area contributed by atoms with Crippen LogP contribution in [-0.2, 0) is 20.7 Å². The zero-order valence-electron chi connectivity index (χ0n) is 18.4. The molecule has 1 aliphatic heterocycles. The highest BCUT2D eigenvalue weighted by Gasteiger charge is 2.75. The first-order chi connectivity index (χ1) is 16.3. The van der Waals surface area contributed by atoms with Crippen molar-refractivity contribution in [2.75, 3.05) is 7.11 Å². The second-order valence-corrected chi connectivity index (χ2v) is 8.45. The molecule has 1 heterocycles. The van der Waals surface area contributed by atoms with E-state index in [-0.39, 0.29) is 0 Å². The smallest absolute Gasteiger partial charge is 0.158 e. The predicted molar refractivity (Wildman–Crippen MR) is 132 cm³/mol. The fourth-order valence-corrected chi connectivity index (χ4v) is 5.27. The van der Waals surface area contributed by atoms with Crippen LogP contribution in [0.15, 0.2) is 133 Å². The average Bonchev–Trinajstić information content (AvgIpc) is 3.61. The average molecular weight is 429 g/mol. The van der Waals surface area contributed by atoms with Crippen LogP contribution >= 0.6 is 0 Å². The van der Waals surface area contributed by atoms with E-state index in [4.69, 9.17) is 9.47 Å². The summed E-state index contributed by atoms with van der Waals surface area (Å²) in [6.45, 7) is 0. The summed E-state index contributed by atoms with van der Waals surface area (Å²) in [5.41, 5.74) is 5.36. The molecular weight excluding hydrogens is 404 g/mol. The van der Waals surface area contributed by atoms with Gasteiger partial charge in [0, 0.05) is 11.1 Å². The van der Waals surface area contributed by atoms with Gasteiger partial charge in [-0.2, -0.15) is 0 Å². The Morgan fingerprint density at radius 2 is 1.06 bits per heavy atom. The van der Waals surface area contributed by atoms with E-state index in [9.17, 15) is 0 Å². The Morgan fingerprint density at radius 3 is 1.61 bits per heavy atom. The lowest BCUT2D eigenvalue weighted by Gasteiger charge is -2.31. The molecule has 4 aromatic rings. The van der Waals surface area contributed by atoms with Crippen LogP contribution in [0.5, 0.6) is 0 Å². The zero-order valence-corrected chi connectivity index (χ0v) is 18.4. The van der Waals surface area contributed by atoms with Crippen molar-refractivity contribution < 1.29 is 9.47 Å². The largest absolute Gasteiger partial charge is 0.496 e. The maximum atomic E-state index is 6.96. The Morgan fingerprint density at radius 1 is 0.576 bits per heavy atom. The highest BCUT2D eigenvalue weighted by Crippen LogP contribution is 2.72. The van der Waals surface area contributed by atoms with Crippen LogP contribution in [0.4, 0.5) is 0 Å². The van der Waals surface area contributed by atoms with E-state index in [0.29, 0.717) is 0 Å². The molecule has 6 rings (SSSR count). The Kier molecular flexibility index (Phi) is 4.56. The summed E-state index contributed by atoms with van der Waals surface area (Å²) >= 11 is 0. The van der Waals surface area contributed by atoms with Crippen molar-refractivity contribution in [3.8, 4) is 0 Å². The molecule has 4 aromatic carbocycles. The molecule has 0 aromatic heterocycles. The summed E-state index contributed by atoms with van der Waals surface area (Å²) < 4.78 is 13.0. The van der Waals surface area contributed by atoms with Crippen molar-refractivity contribution >= 4 is 11.1 Å². The van der Waals surface area contributed by atoms with Crippen molar-refractivity contribution in [1.29, 1.82) is 0 Å². The Bertz CT molecular complexity index is 1340. The van der Waals surface area contributed by atoms with Gasteiger partial charge in [-0.05, 0) is 28.3 Å². The van der Waals surface area contributed by atoms with Crippen LogP contribution in [0.2, 0.25) is 0 Å². The van der Waals surface area contributed by atoms with Crippen molar-refractivity contribution in [1.82, 2.24) is 0 Å². The molecule has 2 atom stereocenters. The molecular formula is C31H24O2. The molecule has 0 saturated carbocycles. The van der Waals surface area contributed by atoms with Crippen molar-refractivity contribution in [2.24, 2.45) is 0 Å². The fourth-order valence-electron chi connectivity index (χ4n) is 5.27. The molecule has 1 aliphatic carbocycles. The summed E-state index contributed by atoms with van der Waals surface area (Å²) in [7, 11) is 1.74. The molecule has 0 spiro atoms. The number of fused-ring (bicyclic) bond motifs is 1. The van der Waals surface area contributed by atoms with Gasteiger partial charge in [-0.25, -0.2) is 0 Å². The third-order valence-corrected chi connectivity index (χ3v) is 6.71. The van der Waals surface area contributed by atoms with Crippen LogP contribution < -0.4 is 0 Å². The number of benzene rings is 4. The van der Waals surface area contributed by atoms with Crippen LogP contribution in [0.1, 0.15) is 22.3 Å². The monoisotopic (exact) mass is 428 g/mol. The summed E-state index contributed by atoms with van der Waals surface area (Å²) in [6, 6.07) is 42.0. The third kappa shape index (κ3) is 2.84. The summed E-state index contributed by atoms with van der Waals surface area (Å²) in [5, 5.41) is 0. The van der Waals surface area contributed by atoms with Gasteiger partial charge in [-0.3, -0.25) is 0 Å². The predicted octanol–water partition coefficient (Wildman–Crippen LogP) is 6.96. The summed E-state index contributed by atoms with van der Waals surface area (Å²) in [6.07, 6.45) is 2.17. The lowest BCUT2D eigenvalue weighted by Crippen LogP contribution is -2.28. The van der Waals surface area contributed by atoms with Crippen LogP contribution in [0.3, 0.4) is 0 Å². The number of epoxide rings is 1. The van der Waals surface area contributed by atoms with Crippen molar-refractivity contribution in [3.05, 3.63) is 155 Å². The van der Waals surface area contributed by atoms with Gasteiger partial charge >= 0.3 is 0 Å². The SMILES string of the molecule is COC1=CC2(c3ccccc3)OC2(c2ccccc2)C(c2ccccc2)=C1c1ccccc1. The van der Waals surface area contributed by atoms with Gasteiger partial charge in [0.2, 0.25) is 0 Å². The van der Waals surface area contributed by atoms with E-state index in [1.54, 1.807) is 7.11 Å². The second kappa shape index (κ2) is 7.61. The second-order valence-electron chi connectivity index (χ2n) is 8.45. The van der Waals surface area contributed by atoms with Crippen molar-refractivity contribution in [2.45, 2.75) is 11.2 Å². The number of allylic oxidation sites excluding steroid dienone is 1. The van der Waals surface area contributed by atoms with Gasteiger partial charge in [-0.15, -0.1) is 0 Å². The van der Waals surface area contributed by atoms with Crippen LogP contribution in [0, 0.1) is 0 Å². The van der Waals surface area contributed by atoms with Gasteiger partial charge in [0.15, 0.2) is 11.2 Å². The van der Waals surface area contributed by atoms with Gasteiger partial charge in [0.05, 0.1) is 7.11 Å². The molecule has 1 saturated heterocycles. The summed E-state index contributed by atoms with van der Waals surface area (Å²) in [4.78, 5) is 0. The van der Waals surface area contributed by atoms with Gasteiger partial charge in [0.1, 0.15) is 5.76 Å². The molecule has 0 N–H and O–H groups in total. The van der Waals surface area contributed by atoms with Gasteiger partial charge in [0.25, 0.3) is 0 Å². The molecule has 0 amide bonds. The lowest BCUT2D eigenvalue weighted by molar-refractivity contribution is 0.292. The van der Waals surface area contributed by atoms with Gasteiger partial charge < -0.3 is 9.47 Å². The van der Waals surface area contributed by atoms with Crippen molar-refractivity contribution in [3.63, 3.8) is 0 Å². The van der Waals surface area contributed by atoms with E-state index in [0.717, 1.165) is 39.2 Å². The van der Waals surface area contributed by atoms with E-state index in [1.165, 1.54) is 0 Å². The van der Waals surface area contributed by atoms with E-state index >= 15 is 0 Å². The third-order valence-electron chi connectivity index (χ3n) is 6.71. The molecule has 2 nitrogen and oxygen atoms in total. The fraction of sp³-hybridized carbons (Fsp3) is 0.0968. The first kappa shape index (κ1) is 19.8. The Hall–Kier alpha value is -3.88. The minimum atomic E-state index is -0.663. The quantitative estimate of drug-likeness (QED) is 0.320. The maximum absolute atomic E-state index is 6.96. The van der Waals surface area contributed by atoms with E-state index in [1.807, 2.05) is 12.1 Å². The normalized spacial score (nSPS) is 23.5.